The summed E-state index contributed by atoms with van der Waals surface area (Å²) in [6, 6.07) is 19.7. The fraction of sp³-hybridized carbons (Fsp3) is 0.345. The van der Waals surface area contributed by atoms with Crippen molar-refractivity contribution in [3.05, 3.63) is 87.9 Å². The zero-order valence-corrected chi connectivity index (χ0v) is 21.6. The molecule has 3 aromatic rings. The maximum Gasteiger partial charge on any atom is 0.303 e. The van der Waals surface area contributed by atoms with E-state index in [4.69, 9.17) is 25.8 Å². The van der Waals surface area contributed by atoms with Crippen LogP contribution in [0.25, 0.3) is 0 Å². The maximum atomic E-state index is 12.0. The summed E-state index contributed by atoms with van der Waals surface area (Å²) in [5, 5.41) is 4.35. The van der Waals surface area contributed by atoms with Crippen LogP contribution in [0.1, 0.15) is 62.1 Å². The Balaban J connectivity index is 1.68. The van der Waals surface area contributed by atoms with Gasteiger partial charge >= 0.3 is 5.97 Å². The molecular formula is C29H32ClNO4. The van der Waals surface area contributed by atoms with Crippen LogP contribution in [-0.4, -0.2) is 12.6 Å². The van der Waals surface area contributed by atoms with E-state index in [0.29, 0.717) is 29.7 Å². The Kier molecular flexibility index (Phi) is 7.27. The molecule has 2 atom stereocenters. The minimum atomic E-state index is -0.435. The Labute approximate surface area is 212 Å². The van der Waals surface area contributed by atoms with Gasteiger partial charge in [-0.3, -0.25) is 4.79 Å². The number of hydrogen-bond donors (Lipinski definition) is 1. The van der Waals surface area contributed by atoms with Gasteiger partial charge in [-0.1, -0.05) is 67.4 Å². The number of aryl methyl sites for hydroxylation is 1. The smallest absolute Gasteiger partial charge is 0.303 e. The van der Waals surface area contributed by atoms with E-state index < -0.39 is 11.5 Å². The highest BCUT2D eigenvalue weighted by molar-refractivity contribution is 6.31. The first-order chi connectivity index (χ1) is 16.7. The first kappa shape index (κ1) is 24.9. The molecule has 5 nitrogen and oxygen atoms in total. The molecule has 0 aliphatic carbocycles. The summed E-state index contributed by atoms with van der Waals surface area (Å²) in [6.07, 6.45) is -0.396. The second-order valence-electron chi connectivity index (χ2n) is 9.50. The summed E-state index contributed by atoms with van der Waals surface area (Å²) in [5.41, 5.74) is 4.57. The molecule has 1 heterocycles. The van der Waals surface area contributed by atoms with Gasteiger partial charge in [0.05, 0.1) is 12.6 Å². The van der Waals surface area contributed by atoms with Crippen molar-refractivity contribution in [2.24, 2.45) is 5.41 Å². The van der Waals surface area contributed by atoms with Crippen molar-refractivity contribution >= 4 is 23.3 Å². The maximum absolute atomic E-state index is 12.0. The fourth-order valence-electron chi connectivity index (χ4n) is 4.68. The average Bonchev–Trinajstić information content (AvgIpc) is 2.81. The normalized spacial score (nSPS) is 18.2. The van der Waals surface area contributed by atoms with Gasteiger partial charge in [0.1, 0.15) is 12.7 Å². The molecule has 0 amide bonds. The number of esters is 1. The molecular weight excluding hydrogens is 462 g/mol. The van der Waals surface area contributed by atoms with Crippen LogP contribution in [0.15, 0.2) is 60.7 Å². The predicted molar refractivity (Wildman–Crippen MR) is 139 cm³/mol. The second kappa shape index (κ2) is 10.2. The number of benzene rings is 3. The molecule has 3 aromatic carbocycles. The number of anilines is 1. The molecule has 4 rings (SSSR count). The number of halogens is 1. The monoisotopic (exact) mass is 493 g/mol. The molecule has 1 aliphatic heterocycles. The van der Waals surface area contributed by atoms with Crippen molar-refractivity contribution in [2.75, 3.05) is 11.9 Å². The molecule has 6 heteroatoms. The summed E-state index contributed by atoms with van der Waals surface area (Å²) in [6.45, 7) is 10.5. The highest BCUT2D eigenvalue weighted by Crippen LogP contribution is 2.54. The van der Waals surface area contributed by atoms with Gasteiger partial charge in [0, 0.05) is 34.2 Å². The van der Waals surface area contributed by atoms with Crippen LogP contribution in [0, 0.1) is 12.3 Å². The van der Waals surface area contributed by atoms with Crippen LogP contribution in [-0.2, 0) is 16.1 Å². The lowest BCUT2D eigenvalue weighted by Crippen LogP contribution is -2.40. The molecule has 0 spiro atoms. The van der Waals surface area contributed by atoms with Crippen molar-refractivity contribution in [3.63, 3.8) is 0 Å². The van der Waals surface area contributed by atoms with E-state index >= 15 is 0 Å². The van der Waals surface area contributed by atoms with Crippen LogP contribution in [0.2, 0.25) is 5.02 Å². The Morgan fingerprint density at radius 1 is 1.03 bits per heavy atom. The van der Waals surface area contributed by atoms with E-state index in [0.717, 1.165) is 27.9 Å². The second-order valence-corrected chi connectivity index (χ2v) is 9.91. The van der Waals surface area contributed by atoms with Gasteiger partial charge < -0.3 is 19.5 Å². The Bertz CT molecular complexity index is 1220. The average molecular weight is 494 g/mol. The van der Waals surface area contributed by atoms with Crippen molar-refractivity contribution in [1.29, 1.82) is 0 Å². The van der Waals surface area contributed by atoms with Gasteiger partial charge in [0.15, 0.2) is 11.5 Å². The summed E-state index contributed by atoms with van der Waals surface area (Å²) in [4.78, 5) is 12.0. The van der Waals surface area contributed by atoms with Crippen LogP contribution in [0.5, 0.6) is 11.5 Å². The van der Waals surface area contributed by atoms with Gasteiger partial charge in [0.25, 0.3) is 0 Å². The summed E-state index contributed by atoms with van der Waals surface area (Å²) < 4.78 is 17.9. The largest absolute Gasteiger partial charge is 0.490 e. The van der Waals surface area contributed by atoms with Crippen LogP contribution in [0.3, 0.4) is 0 Å². The summed E-state index contributed by atoms with van der Waals surface area (Å²) in [5.74, 6) is 1.01. The molecule has 1 N–H and O–H groups in total. The van der Waals surface area contributed by atoms with Crippen LogP contribution in [0.4, 0.5) is 5.69 Å². The highest BCUT2D eigenvalue weighted by Gasteiger charge is 2.46. The van der Waals surface area contributed by atoms with E-state index in [1.54, 1.807) is 0 Å². The molecule has 1 aliphatic rings. The number of fused-ring (bicyclic) bond motifs is 1. The molecule has 0 radical (unpaired) electrons. The molecule has 184 valence electrons. The quantitative estimate of drug-likeness (QED) is 0.347. The van der Waals surface area contributed by atoms with E-state index in [1.807, 2.05) is 62.4 Å². The zero-order valence-electron chi connectivity index (χ0n) is 20.9. The molecule has 0 saturated heterocycles. The number of carbonyl (C=O) groups is 1. The third-order valence-electron chi connectivity index (χ3n) is 6.43. The van der Waals surface area contributed by atoms with Gasteiger partial charge in [-0.2, -0.15) is 0 Å². The zero-order chi connectivity index (χ0) is 25.2. The van der Waals surface area contributed by atoms with Crippen molar-refractivity contribution < 1.29 is 19.0 Å². The van der Waals surface area contributed by atoms with Crippen LogP contribution >= 0.6 is 11.6 Å². The third kappa shape index (κ3) is 5.25. The lowest BCUT2D eigenvalue weighted by atomic mass is 9.70. The number of nitrogens with one attached hydrogen (secondary N) is 1. The van der Waals surface area contributed by atoms with E-state index in [2.05, 4.69) is 31.3 Å². The molecule has 0 fully saturated rings. The predicted octanol–water partition coefficient (Wildman–Crippen LogP) is 7.42. The van der Waals surface area contributed by atoms with Gasteiger partial charge in [-0.25, -0.2) is 0 Å². The Hall–Kier alpha value is -3.18. The molecule has 35 heavy (non-hydrogen) atoms. The SMILES string of the molecule is CCOc1cc([C@@H]2Nc3ccc(C)cc3[C@@H](OC(C)=O)C2(C)C)ccc1OCc1ccccc1Cl. The van der Waals surface area contributed by atoms with Crippen LogP contribution < -0.4 is 14.8 Å². The number of hydrogen-bond acceptors (Lipinski definition) is 5. The molecule has 0 bridgehead atoms. The number of rotatable bonds is 7. The van der Waals surface area contributed by atoms with Crippen molar-refractivity contribution in [1.82, 2.24) is 0 Å². The van der Waals surface area contributed by atoms with E-state index in [9.17, 15) is 4.79 Å². The Morgan fingerprint density at radius 2 is 1.80 bits per heavy atom. The van der Waals surface area contributed by atoms with E-state index in [-0.39, 0.29) is 12.0 Å². The van der Waals surface area contributed by atoms with Gasteiger partial charge in [-0.05, 0) is 43.7 Å². The van der Waals surface area contributed by atoms with Crippen molar-refractivity contribution in [3.8, 4) is 11.5 Å². The molecule has 0 saturated carbocycles. The van der Waals surface area contributed by atoms with Crippen molar-refractivity contribution in [2.45, 2.75) is 53.4 Å². The number of carbonyl (C=O) groups excluding carboxylic acids is 1. The fourth-order valence-corrected chi connectivity index (χ4v) is 4.87. The lowest BCUT2D eigenvalue weighted by molar-refractivity contribution is -0.154. The van der Waals surface area contributed by atoms with Gasteiger partial charge in [0.2, 0.25) is 0 Å². The lowest BCUT2D eigenvalue weighted by Gasteiger charge is -2.46. The molecule has 0 aromatic heterocycles. The first-order valence-corrected chi connectivity index (χ1v) is 12.3. The minimum absolute atomic E-state index is 0.126. The summed E-state index contributed by atoms with van der Waals surface area (Å²) >= 11 is 6.29. The third-order valence-corrected chi connectivity index (χ3v) is 6.80. The first-order valence-electron chi connectivity index (χ1n) is 11.9. The topological polar surface area (TPSA) is 56.8 Å². The number of ether oxygens (including phenoxy) is 3. The van der Waals surface area contributed by atoms with Gasteiger partial charge in [-0.15, -0.1) is 0 Å². The Morgan fingerprint density at radius 3 is 2.51 bits per heavy atom. The highest BCUT2D eigenvalue weighted by atomic mass is 35.5. The minimum Gasteiger partial charge on any atom is -0.490 e. The summed E-state index contributed by atoms with van der Waals surface area (Å²) in [7, 11) is 0. The van der Waals surface area contributed by atoms with E-state index in [1.165, 1.54) is 6.92 Å². The standard InChI is InChI=1S/C29H32ClNO4/c1-6-33-26-16-20(12-14-25(26)34-17-21-9-7-8-10-23(21)30)27-29(4,5)28(35-19(3)32)22-15-18(2)11-13-24(22)31-27/h7-16,27-28,31H,6,17H2,1-5H3/t27-,28+/m0/s1. The molecule has 0 unspecified atom stereocenters.